The Hall–Kier alpha value is -1.44. The van der Waals surface area contributed by atoms with Crippen LogP contribution < -0.4 is 5.32 Å². The lowest BCUT2D eigenvalue weighted by molar-refractivity contribution is -0.141. The summed E-state index contributed by atoms with van der Waals surface area (Å²) >= 11 is 1.46. The summed E-state index contributed by atoms with van der Waals surface area (Å²) in [7, 11) is 1.50. The molecule has 2 atom stereocenters. The molecule has 0 aliphatic carbocycles. The minimum absolute atomic E-state index is 0.0597. The van der Waals surface area contributed by atoms with E-state index in [-0.39, 0.29) is 23.9 Å². The van der Waals surface area contributed by atoms with Crippen molar-refractivity contribution in [2.45, 2.75) is 31.7 Å². The number of amides is 3. The van der Waals surface area contributed by atoms with Gasteiger partial charge in [0.05, 0.1) is 5.37 Å². The first kappa shape index (κ1) is 16.6. The van der Waals surface area contributed by atoms with E-state index in [1.807, 2.05) is 6.92 Å². The van der Waals surface area contributed by atoms with Gasteiger partial charge in [-0.15, -0.1) is 11.8 Å². The number of carboxylic acids is 1. The van der Waals surface area contributed by atoms with Crippen LogP contribution in [0.3, 0.4) is 0 Å². The van der Waals surface area contributed by atoms with E-state index in [2.05, 4.69) is 5.32 Å². The van der Waals surface area contributed by atoms with Gasteiger partial charge in [-0.1, -0.05) is 6.92 Å². The Labute approximate surface area is 122 Å². The number of hydrogen-bond donors (Lipinski definition) is 2. The maximum absolute atomic E-state index is 12.5. The fourth-order valence-corrected chi connectivity index (χ4v) is 3.40. The predicted molar refractivity (Wildman–Crippen MR) is 76.5 cm³/mol. The van der Waals surface area contributed by atoms with Gasteiger partial charge in [0.25, 0.3) is 0 Å². The average Bonchev–Trinajstić information content (AvgIpc) is 2.87. The lowest BCUT2D eigenvalue weighted by Crippen LogP contribution is -2.53. The third kappa shape index (κ3) is 3.56. The molecule has 1 rings (SSSR count). The summed E-state index contributed by atoms with van der Waals surface area (Å²) in [4.78, 5) is 37.9. The van der Waals surface area contributed by atoms with Crippen molar-refractivity contribution < 1.29 is 19.5 Å². The van der Waals surface area contributed by atoms with Crippen LogP contribution in [0.1, 0.15) is 20.3 Å². The molecule has 0 radical (unpaired) electrons. The second-order valence-corrected chi connectivity index (χ2v) is 5.64. The van der Waals surface area contributed by atoms with Crippen LogP contribution in [0.25, 0.3) is 0 Å². The summed E-state index contributed by atoms with van der Waals surface area (Å²) in [6.45, 7) is 3.98. The van der Waals surface area contributed by atoms with Crippen molar-refractivity contribution in [2.75, 3.05) is 25.9 Å². The number of thioether (sulfide) groups is 1. The molecule has 8 heteroatoms. The summed E-state index contributed by atoms with van der Waals surface area (Å²) in [5.41, 5.74) is 0. The van der Waals surface area contributed by atoms with Crippen LogP contribution in [0.5, 0.6) is 0 Å². The first-order valence-electron chi connectivity index (χ1n) is 6.58. The summed E-state index contributed by atoms with van der Waals surface area (Å²) < 4.78 is 0. The number of carboxylic acid groups (broad SMARTS) is 1. The molecule has 20 heavy (non-hydrogen) atoms. The summed E-state index contributed by atoms with van der Waals surface area (Å²) in [5.74, 6) is -0.887. The Kier molecular flexibility index (Phi) is 6.12. The number of aliphatic carboxylic acids is 1. The van der Waals surface area contributed by atoms with Gasteiger partial charge in [-0.05, 0) is 13.3 Å². The molecule has 114 valence electrons. The molecule has 0 aromatic rings. The Morgan fingerprint density at radius 1 is 1.40 bits per heavy atom. The van der Waals surface area contributed by atoms with Crippen molar-refractivity contribution >= 4 is 29.7 Å². The van der Waals surface area contributed by atoms with Gasteiger partial charge in [0.2, 0.25) is 5.91 Å². The smallest absolute Gasteiger partial charge is 0.327 e. The van der Waals surface area contributed by atoms with E-state index in [9.17, 15) is 19.5 Å². The van der Waals surface area contributed by atoms with Gasteiger partial charge < -0.3 is 15.3 Å². The number of urea groups is 1. The van der Waals surface area contributed by atoms with E-state index < -0.39 is 12.0 Å². The topological polar surface area (TPSA) is 90.0 Å². The standard InChI is InChI=1S/C12H21N3O4S/c1-4-10-15(8(7-20-10)11(17)18)12(19)14(5-2)6-9(16)13-3/h8,10H,4-7H2,1-3H3,(H,13,16)(H,17,18). The number of carbonyl (C=O) groups is 3. The Morgan fingerprint density at radius 3 is 2.50 bits per heavy atom. The summed E-state index contributed by atoms with van der Waals surface area (Å²) in [6, 6.07) is -1.21. The molecular formula is C12H21N3O4S. The summed E-state index contributed by atoms with van der Waals surface area (Å²) in [5, 5.41) is 11.5. The van der Waals surface area contributed by atoms with Crippen LogP contribution in [0.15, 0.2) is 0 Å². The zero-order valence-corrected chi connectivity index (χ0v) is 12.8. The van der Waals surface area contributed by atoms with Crippen LogP contribution in [0, 0.1) is 0 Å². The SMILES string of the molecule is CCC1SCC(C(=O)O)N1C(=O)N(CC)CC(=O)NC. The average molecular weight is 303 g/mol. The Morgan fingerprint density at radius 2 is 2.05 bits per heavy atom. The van der Waals surface area contributed by atoms with Gasteiger partial charge in [-0.3, -0.25) is 9.69 Å². The Balaban J connectivity index is 2.89. The maximum Gasteiger partial charge on any atom is 0.327 e. The first-order valence-corrected chi connectivity index (χ1v) is 7.63. The molecule has 2 N–H and O–H groups in total. The monoisotopic (exact) mass is 303 g/mol. The van der Waals surface area contributed by atoms with E-state index in [0.717, 1.165) is 0 Å². The maximum atomic E-state index is 12.5. The second-order valence-electron chi connectivity index (χ2n) is 4.43. The highest BCUT2D eigenvalue weighted by molar-refractivity contribution is 8.00. The molecule has 0 saturated carbocycles. The van der Waals surface area contributed by atoms with Crippen LogP contribution >= 0.6 is 11.8 Å². The minimum Gasteiger partial charge on any atom is -0.480 e. The molecule has 0 bridgehead atoms. The number of rotatable bonds is 5. The van der Waals surface area contributed by atoms with Crippen molar-refractivity contribution in [3.05, 3.63) is 0 Å². The highest BCUT2D eigenvalue weighted by atomic mass is 32.2. The third-order valence-corrected chi connectivity index (χ3v) is 4.67. The second kappa shape index (κ2) is 7.37. The van der Waals surface area contributed by atoms with E-state index in [1.165, 1.54) is 28.6 Å². The van der Waals surface area contributed by atoms with Crippen molar-refractivity contribution in [3.63, 3.8) is 0 Å². The van der Waals surface area contributed by atoms with Crippen LogP contribution in [-0.2, 0) is 9.59 Å². The predicted octanol–water partition coefficient (Wildman–Crippen LogP) is 0.412. The molecule has 0 aromatic heterocycles. The molecule has 1 aliphatic rings. The Bertz CT molecular complexity index is 391. The zero-order chi connectivity index (χ0) is 15.3. The number of likely N-dealkylation sites (N-methyl/N-ethyl adjacent to an activating group) is 2. The summed E-state index contributed by atoms with van der Waals surface area (Å²) in [6.07, 6.45) is 0.678. The van der Waals surface area contributed by atoms with E-state index >= 15 is 0 Å². The van der Waals surface area contributed by atoms with Gasteiger partial charge in [0, 0.05) is 19.3 Å². The molecule has 7 nitrogen and oxygen atoms in total. The number of nitrogens with one attached hydrogen (secondary N) is 1. The van der Waals surface area contributed by atoms with E-state index in [1.54, 1.807) is 6.92 Å². The largest absolute Gasteiger partial charge is 0.480 e. The molecular weight excluding hydrogens is 282 g/mol. The molecule has 1 saturated heterocycles. The highest BCUT2D eigenvalue weighted by Gasteiger charge is 2.42. The number of hydrogen-bond acceptors (Lipinski definition) is 4. The van der Waals surface area contributed by atoms with E-state index in [4.69, 9.17) is 0 Å². The van der Waals surface area contributed by atoms with Gasteiger partial charge in [-0.25, -0.2) is 9.59 Å². The molecule has 0 aromatic carbocycles. The van der Waals surface area contributed by atoms with Gasteiger partial charge >= 0.3 is 12.0 Å². The van der Waals surface area contributed by atoms with Gasteiger partial charge in [0.1, 0.15) is 12.6 Å². The molecule has 2 unspecified atom stereocenters. The van der Waals surface area contributed by atoms with Gasteiger partial charge in [0.15, 0.2) is 0 Å². The minimum atomic E-state index is -1.00. The lowest BCUT2D eigenvalue weighted by atomic mass is 10.2. The third-order valence-electron chi connectivity index (χ3n) is 3.21. The van der Waals surface area contributed by atoms with Crippen molar-refractivity contribution in [1.29, 1.82) is 0 Å². The van der Waals surface area contributed by atoms with E-state index in [0.29, 0.717) is 18.7 Å². The molecule has 0 spiro atoms. The molecule has 1 aliphatic heterocycles. The first-order chi connectivity index (χ1) is 9.46. The van der Waals surface area contributed by atoms with Crippen molar-refractivity contribution in [2.24, 2.45) is 0 Å². The number of nitrogens with zero attached hydrogens (tertiary/aromatic N) is 2. The van der Waals surface area contributed by atoms with Crippen LogP contribution in [0.4, 0.5) is 4.79 Å². The van der Waals surface area contributed by atoms with Crippen LogP contribution in [-0.4, -0.2) is 70.1 Å². The van der Waals surface area contributed by atoms with Crippen molar-refractivity contribution in [3.8, 4) is 0 Å². The highest BCUT2D eigenvalue weighted by Crippen LogP contribution is 2.32. The number of carbonyl (C=O) groups excluding carboxylic acids is 2. The fraction of sp³-hybridized carbons (Fsp3) is 0.750. The van der Waals surface area contributed by atoms with Crippen molar-refractivity contribution in [1.82, 2.24) is 15.1 Å². The lowest BCUT2D eigenvalue weighted by Gasteiger charge is -2.32. The zero-order valence-electron chi connectivity index (χ0n) is 12.0. The molecule has 3 amide bonds. The van der Waals surface area contributed by atoms with Crippen LogP contribution in [0.2, 0.25) is 0 Å². The van der Waals surface area contributed by atoms with Gasteiger partial charge in [-0.2, -0.15) is 0 Å². The molecule has 1 heterocycles. The fourth-order valence-electron chi connectivity index (χ4n) is 2.06. The quantitative estimate of drug-likeness (QED) is 0.768. The molecule has 1 fully saturated rings. The normalized spacial score (nSPS) is 21.6.